The summed E-state index contributed by atoms with van der Waals surface area (Å²) in [6.45, 7) is 14.3. The van der Waals surface area contributed by atoms with Gasteiger partial charge >= 0.3 is 0 Å². The Bertz CT molecular complexity index is 530. The molecule has 0 radical (unpaired) electrons. The summed E-state index contributed by atoms with van der Waals surface area (Å²) in [4.78, 5) is 12.0. The van der Waals surface area contributed by atoms with Crippen molar-refractivity contribution in [1.29, 1.82) is 0 Å². The molecule has 0 aliphatic carbocycles. The van der Waals surface area contributed by atoms with Gasteiger partial charge in [0, 0.05) is 0 Å². The summed E-state index contributed by atoms with van der Waals surface area (Å²) in [6.07, 6.45) is 0.420. The Balaban J connectivity index is 2.66. The maximum Gasteiger partial charge on any atom is 0.225 e. The third-order valence-electron chi connectivity index (χ3n) is 4.75. The molecule has 1 amide bonds. The molecule has 3 heteroatoms. The third-order valence-corrected chi connectivity index (χ3v) is 11.1. The first kappa shape index (κ1) is 19.5. The fourth-order valence-electron chi connectivity index (χ4n) is 3.62. The summed E-state index contributed by atoms with van der Waals surface area (Å²) in [5.74, 6) is 3.31. The van der Waals surface area contributed by atoms with Crippen LogP contribution in [-0.2, 0) is 11.2 Å². The van der Waals surface area contributed by atoms with Crippen LogP contribution in [-0.4, -0.2) is 20.5 Å². The Morgan fingerprint density at radius 1 is 1.00 bits per heavy atom. The number of amides is 1. The van der Waals surface area contributed by atoms with Crippen LogP contribution in [0.4, 0.5) is 0 Å². The topological polar surface area (TPSA) is 29.1 Å². The van der Waals surface area contributed by atoms with Crippen LogP contribution < -0.4 is 5.32 Å². The van der Waals surface area contributed by atoms with Crippen molar-refractivity contribution in [3.05, 3.63) is 35.9 Å². The maximum absolute atomic E-state index is 12.0. The molecule has 0 bridgehead atoms. The quantitative estimate of drug-likeness (QED) is 0.601. The molecule has 0 fully saturated rings. The minimum Gasteiger partial charge on any atom is -0.345 e. The Morgan fingerprint density at radius 2 is 1.52 bits per heavy atom. The molecule has 23 heavy (non-hydrogen) atoms. The predicted molar refractivity (Wildman–Crippen MR) is 102 cm³/mol. The van der Waals surface area contributed by atoms with Crippen LogP contribution in [0.25, 0.3) is 0 Å². The Hall–Kier alpha value is -1.53. The molecule has 0 unspecified atom stereocenters. The van der Waals surface area contributed by atoms with E-state index >= 15 is 0 Å². The molecule has 0 saturated carbocycles. The van der Waals surface area contributed by atoms with Gasteiger partial charge in [0.1, 0.15) is 8.07 Å². The van der Waals surface area contributed by atoms with Gasteiger partial charge < -0.3 is 5.32 Å². The first-order valence-corrected chi connectivity index (χ1v) is 10.8. The lowest BCUT2D eigenvalue weighted by molar-refractivity contribution is -0.120. The van der Waals surface area contributed by atoms with Gasteiger partial charge in [-0.05, 0) is 22.2 Å². The number of carbonyl (C=O) groups is 1. The second-order valence-corrected chi connectivity index (χ2v) is 12.7. The van der Waals surface area contributed by atoms with E-state index in [4.69, 9.17) is 0 Å². The van der Waals surface area contributed by atoms with Gasteiger partial charge in [-0.1, -0.05) is 77.8 Å². The zero-order valence-corrected chi connectivity index (χ0v) is 16.4. The van der Waals surface area contributed by atoms with Crippen LogP contribution in [0.3, 0.4) is 0 Å². The molecule has 126 valence electrons. The molecule has 1 N–H and O–H groups in total. The summed E-state index contributed by atoms with van der Waals surface area (Å²) in [7, 11) is -1.69. The minimum atomic E-state index is -1.69. The fourth-order valence-corrected chi connectivity index (χ4v) is 8.88. The molecular formula is C20H31NOSi. The van der Waals surface area contributed by atoms with Gasteiger partial charge in [0.15, 0.2) is 0 Å². The monoisotopic (exact) mass is 329 g/mol. The number of nitrogens with one attached hydrogen (secondary N) is 1. The summed E-state index contributed by atoms with van der Waals surface area (Å²) in [5, 5.41) is 2.93. The smallest absolute Gasteiger partial charge is 0.225 e. The maximum atomic E-state index is 12.0. The van der Waals surface area contributed by atoms with Crippen LogP contribution in [0.15, 0.2) is 30.3 Å². The lowest BCUT2D eigenvalue weighted by Crippen LogP contribution is -2.43. The lowest BCUT2D eigenvalue weighted by Gasteiger charge is -2.38. The normalized spacial score (nSPS) is 11.5. The first-order chi connectivity index (χ1) is 10.8. The van der Waals surface area contributed by atoms with E-state index in [0.717, 1.165) is 5.56 Å². The van der Waals surface area contributed by atoms with Crippen LogP contribution in [0.2, 0.25) is 16.6 Å². The number of benzene rings is 1. The number of rotatable bonds is 6. The number of hydrogen-bond acceptors (Lipinski definition) is 1. The Kier molecular flexibility index (Phi) is 7.58. The highest BCUT2D eigenvalue weighted by molar-refractivity contribution is 6.90. The van der Waals surface area contributed by atoms with Gasteiger partial charge in [-0.15, -0.1) is 5.54 Å². The molecule has 1 aromatic carbocycles. The van der Waals surface area contributed by atoms with Gasteiger partial charge in [-0.2, -0.15) is 0 Å². The zero-order chi connectivity index (χ0) is 17.5. The largest absolute Gasteiger partial charge is 0.345 e. The third kappa shape index (κ3) is 5.25. The van der Waals surface area contributed by atoms with Crippen molar-refractivity contribution >= 4 is 14.0 Å². The molecule has 0 heterocycles. The molecular weight excluding hydrogens is 298 g/mol. The zero-order valence-electron chi connectivity index (χ0n) is 15.4. The fraction of sp³-hybridized carbons (Fsp3) is 0.550. The molecule has 0 aliphatic rings. The molecule has 1 rings (SSSR count). The second-order valence-electron chi connectivity index (χ2n) is 7.14. The van der Waals surface area contributed by atoms with Crippen molar-refractivity contribution in [3.8, 4) is 11.5 Å². The van der Waals surface area contributed by atoms with Crippen molar-refractivity contribution in [3.63, 3.8) is 0 Å². The molecule has 1 aromatic rings. The highest BCUT2D eigenvalue weighted by atomic mass is 28.3. The average molecular weight is 330 g/mol. The highest BCUT2D eigenvalue weighted by Gasteiger charge is 2.41. The van der Waals surface area contributed by atoms with E-state index in [0.29, 0.717) is 29.6 Å². The van der Waals surface area contributed by atoms with Gasteiger partial charge in [0.05, 0.1) is 13.0 Å². The number of hydrogen-bond donors (Lipinski definition) is 1. The lowest BCUT2D eigenvalue weighted by atomic mass is 10.1. The summed E-state index contributed by atoms with van der Waals surface area (Å²) in [6, 6.07) is 9.81. The van der Waals surface area contributed by atoms with E-state index in [1.54, 1.807) is 0 Å². The van der Waals surface area contributed by atoms with E-state index in [1.165, 1.54) is 0 Å². The van der Waals surface area contributed by atoms with Crippen molar-refractivity contribution < 1.29 is 4.79 Å². The SMILES string of the molecule is CC(C)[Si](C#CCNC(=O)Cc1ccccc1)(C(C)C)C(C)C. The first-order valence-electron chi connectivity index (χ1n) is 8.61. The second kappa shape index (κ2) is 8.93. The molecule has 0 saturated heterocycles. The van der Waals surface area contributed by atoms with Crippen LogP contribution in [0, 0.1) is 11.5 Å². The van der Waals surface area contributed by atoms with Gasteiger partial charge in [-0.25, -0.2) is 0 Å². The predicted octanol–water partition coefficient (Wildman–Crippen LogP) is 4.57. The summed E-state index contributed by atoms with van der Waals surface area (Å²) < 4.78 is 0. The molecule has 0 spiro atoms. The van der Waals surface area contributed by atoms with Gasteiger partial charge in [0.2, 0.25) is 5.91 Å². The standard InChI is InChI=1S/C20H31NOSi/c1-16(2)23(17(3)4,18(5)6)14-10-13-21-20(22)15-19-11-8-7-9-12-19/h7-9,11-12,16-18H,13,15H2,1-6H3,(H,21,22). The minimum absolute atomic E-state index is 0.0383. The van der Waals surface area contributed by atoms with Crippen LogP contribution in [0.1, 0.15) is 47.1 Å². The van der Waals surface area contributed by atoms with Crippen LogP contribution >= 0.6 is 0 Å². The Labute approximate surface area is 143 Å². The van der Waals surface area contributed by atoms with Crippen molar-refractivity contribution in [2.24, 2.45) is 0 Å². The molecule has 0 aromatic heterocycles. The van der Waals surface area contributed by atoms with E-state index in [9.17, 15) is 4.79 Å². The van der Waals surface area contributed by atoms with Crippen LogP contribution in [0.5, 0.6) is 0 Å². The highest BCUT2D eigenvalue weighted by Crippen LogP contribution is 2.40. The molecule has 0 aliphatic heterocycles. The van der Waals surface area contributed by atoms with E-state index in [-0.39, 0.29) is 5.91 Å². The van der Waals surface area contributed by atoms with E-state index < -0.39 is 8.07 Å². The van der Waals surface area contributed by atoms with Gasteiger partial charge in [-0.3, -0.25) is 4.79 Å². The van der Waals surface area contributed by atoms with E-state index in [2.05, 4.69) is 58.3 Å². The molecule has 0 atom stereocenters. The summed E-state index contributed by atoms with van der Waals surface area (Å²) >= 11 is 0. The van der Waals surface area contributed by atoms with Gasteiger partial charge in [0.25, 0.3) is 0 Å². The van der Waals surface area contributed by atoms with Crippen molar-refractivity contribution in [2.75, 3.05) is 6.54 Å². The van der Waals surface area contributed by atoms with Crippen molar-refractivity contribution in [1.82, 2.24) is 5.32 Å². The number of carbonyl (C=O) groups excluding carboxylic acids is 1. The Morgan fingerprint density at radius 3 is 2.00 bits per heavy atom. The average Bonchev–Trinajstić information content (AvgIpc) is 2.47. The van der Waals surface area contributed by atoms with E-state index in [1.807, 2.05) is 30.3 Å². The summed E-state index contributed by atoms with van der Waals surface area (Å²) in [5.41, 5.74) is 6.52. The van der Waals surface area contributed by atoms with Crippen molar-refractivity contribution in [2.45, 2.75) is 64.6 Å². The molecule has 2 nitrogen and oxygen atoms in total.